The second-order valence-corrected chi connectivity index (χ2v) is 11.7. The fourth-order valence-corrected chi connectivity index (χ4v) is 4.82. The second kappa shape index (κ2) is 16.4. The van der Waals surface area contributed by atoms with E-state index >= 15 is 0 Å². The molecule has 0 unspecified atom stereocenters. The highest BCUT2D eigenvalue weighted by Crippen LogP contribution is 2.32. The van der Waals surface area contributed by atoms with Crippen LogP contribution in [-0.2, 0) is 19.0 Å². The lowest BCUT2D eigenvalue weighted by atomic mass is 9.92. The molecule has 1 saturated heterocycles. The number of carbonyl (C=O) groups excluding carboxylic acids is 3. The van der Waals surface area contributed by atoms with Crippen molar-refractivity contribution in [1.82, 2.24) is 9.80 Å². The Kier molecular flexibility index (Phi) is 13.6. The summed E-state index contributed by atoms with van der Waals surface area (Å²) in [5.74, 6) is 0.226. The first-order chi connectivity index (χ1) is 19.8. The van der Waals surface area contributed by atoms with Gasteiger partial charge in [-0.15, -0.1) is 0 Å². The van der Waals surface area contributed by atoms with E-state index < -0.39 is 11.7 Å². The highest BCUT2D eigenvalue weighted by Gasteiger charge is 2.39. The van der Waals surface area contributed by atoms with Crippen molar-refractivity contribution in [3.8, 4) is 11.5 Å². The van der Waals surface area contributed by atoms with Crippen molar-refractivity contribution in [3.63, 3.8) is 0 Å². The van der Waals surface area contributed by atoms with E-state index in [1.54, 1.807) is 49.1 Å². The summed E-state index contributed by atoms with van der Waals surface area (Å²) in [6.45, 7) is 15.5. The fourth-order valence-electron chi connectivity index (χ4n) is 4.82. The first-order valence-corrected chi connectivity index (χ1v) is 14.8. The molecule has 0 spiro atoms. The molecule has 42 heavy (non-hydrogen) atoms. The normalized spacial score (nSPS) is 17.3. The van der Waals surface area contributed by atoms with Crippen LogP contribution in [0.1, 0.15) is 71.7 Å². The molecule has 1 aliphatic rings. The van der Waals surface area contributed by atoms with Gasteiger partial charge in [-0.2, -0.15) is 0 Å². The zero-order chi connectivity index (χ0) is 31.4. The Morgan fingerprint density at radius 3 is 2.36 bits per heavy atom. The minimum atomic E-state index is -0.641. The number of nitrogens with zero attached hydrogens (tertiary/aromatic N) is 2. The molecule has 0 N–H and O–H groups in total. The smallest absolute Gasteiger partial charge is 0.410 e. The first kappa shape index (κ1) is 34.9. The number of carbonyl (C=O) groups is 3. The second-order valence-electron chi connectivity index (χ2n) is 11.7. The highest BCUT2D eigenvalue weighted by molar-refractivity contribution is 5.95. The zero-order valence-electron chi connectivity index (χ0n) is 26.9. The van der Waals surface area contributed by atoms with Crippen LogP contribution in [0.5, 0.6) is 11.5 Å². The molecule has 0 saturated carbocycles. The van der Waals surface area contributed by atoms with E-state index in [2.05, 4.69) is 0 Å². The van der Waals surface area contributed by atoms with Crippen LogP contribution in [0.15, 0.2) is 29.8 Å². The van der Waals surface area contributed by atoms with E-state index in [-0.39, 0.29) is 36.4 Å². The van der Waals surface area contributed by atoms with Crippen LogP contribution in [0, 0.1) is 11.8 Å². The Bertz CT molecular complexity index is 1080. The predicted molar refractivity (Wildman–Crippen MR) is 161 cm³/mol. The van der Waals surface area contributed by atoms with E-state index in [1.807, 2.05) is 47.6 Å². The summed E-state index contributed by atoms with van der Waals surface area (Å²) in [6, 6.07) is 5.04. The van der Waals surface area contributed by atoms with Crippen LogP contribution in [0.2, 0.25) is 0 Å². The molecule has 1 fully saturated rings. The number of ether oxygens (including phenoxy) is 5. The number of hydrogen-bond acceptors (Lipinski definition) is 8. The van der Waals surface area contributed by atoms with Crippen LogP contribution in [0.25, 0.3) is 0 Å². The van der Waals surface area contributed by atoms with Crippen LogP contribution >= 0.6 is 0 Å². The van der Waals surface area contributed by atoms with Gasteiger partial charge in [0.2, 0.25) is 0 Å². The number of methoxy groups -OCH3 is 2. The van der Waals surface area contributed by atoms with E-state index in [9.17, 15) is 14.4 Å². The van der Waals surface area contributed by atoms with Crippen LogP contribution in [-0.4, -0.2) is 93.1 Å². The fraction of sp³-hybridized carbons (Fsp3) is 0.656. The van der Waals surface area contributed by atoms with Crippen LogP contribution in [0.4, 0.5) is 4.79 Å². The lowest BCUT2D eigenvalue weighted by Crippen LogP contribution is -2.42. The largest absolute Gasteiger partial charge is 0.493 e. The highest BCUT2D eigenvalue weighted by atomic mass is 16.6. The summed E-state index contributed by atoms with van der Waals surface area (Å²) >= 11 is 0. The molecule has 0 aromatic heterocycles. The topological polar surface area (TPSA) is 104 Å². The van der Waals surface area contributed by atoms with Gasteiger partial charge in [-0.05, 0) is 66.2 Å². The van der Waals surface area contributed by atoms with E-state index in [0.29, 0.717) is 68.3 Å². The van der Waals surface area contributed by atoms with Gasteiger partial charge in [-0.3, -0.25) is 4.79 Å². The molecule has 10 heteroatoms. The summed E-state index contributed by atoms with van der Waals surface area (Å²) in [6.07, 6.45) is 2.70. The number of amides is 2. The molecule has 236 valence electrons. The summed E-state index contributed by atoms with van der Waals surface area (Å²) in [5, 5.41) is 0. The maximum Gasteiger partial charge on any atom is 0.410 e. The third-order valence-corrected chi connectivity index (χ3v) is 6.95. The van der Waals surface area contributed by atoms with Crippen molar-refractivity contribution in [1.29, 1.82) is 0 Å². The van der Waals surface area contributed by atoms with Crippen molar-refractivity contribution in [3.05, 3.63) is 35.4 Å². The zero-order valence-corrected chi connectivity index (χ0v) is 26.9. The standard InChI is InChI=1S/C32H50N2O8/c1-10-23(30(36)40-11-2)17-25-19-33(31(37)42-32(5,6)7)20-26(25)21-34(22(3)4)29(35)24-13-14-27(39-9)28(18-24)41-16-12-15-38-8/h13-14,17-18,22,25-26H,10-12,15-16,19-21H2,1-9H3/t25-,26+/m1/s1. The molecular weight excluding hydrogens is 540 g/mol. The molecule has 2 amide bonds. The third-order valence-electron chi connectivity index (χ3n) is 6.95. The first-order valence-electron chi connectivity index (χ1n) is 14.8. The van der Waals surface area contributed by atoms with E-state index in [1.165, 1.54) is 0 Å². The lowest BCUT2D eigenvalue weighted by molar-refractivity contribution is -0.138. The molecule has 2 atom stereocenters. The van der Waals surface area contributed by atoms with Gasteiger partial charge in [0.05, 0.1) is 20.3 Å². The van der Waals surface area contributed by atoms with E-state index in [0.717, 1.165) is 0 Å². The Labute approximate surface area is 251 Å². The maximum absolute atomic E-state index is 13.9. The molecule has 0 aliphatic carbocycles. The molecule has 1 aromatic carbocycles. The van der Waals surface area contributed by atoms with Crippen molar-refractivity contribution in [2.45, 2.75) is 73.0 Å². The number of hydrogen-bond donors (Lipinski definition) is 0. The molecule has 10 nitrogen and oxygen atoms in total. The summed E-state index contributed by atoms with van der Waals surface area (Å²) in [4.78, 5) is 43.0. The lowest BCUT2D eigenvalue weighted by Gasteiger charge is -2.31. The molecule has 2 rings (SSSR count). The van der Waals surface area contributed by atoms with Crippen molar-refractivity contribution in [2.24, 2.45) is 11.8 Å². The van der Waals surface area contributed by atoms with Gasteiger partial charge >= 0.3 is 12.1 Å². The quantitative estimate of drug-likeness (QED) is 0.162. The van der Waals surface area contributed by atoms with Gasteiger partial charge in [0.1, 0.15) is 5.60 Å². The van der Waals surface area contributed by atoms with Crippen molar-refractivity contribution < 1.29 is 38.1 Å². The Hall–Kier alpha value is -3.27. The van der Waals surface area contributed by atoms with Gasteiger partial charge in [-0.25, -0.2) is 9.59 Å². The average molecular weight is 591 g/mol. The monoisotopic (exact) mass is 590 g/mol. The summed E-state index contributed by atoms with van der Waals surface area (Å²) in [7, 11) is 3.20. The molecule has 1 aliphatic heterocycles. The van der Waals surface area contributed by atoms with Gasteiger partial charge < -0.3 is 33.5 Å². The summed E-state index contributed by atoms with van der Waals surface area (Å²) < 4.78 is 27.4. The molecular formula is C32H50N2O8. The van der Waals surface area contributed by atoms with Crippen molar-refractivity contribution in [2.75, 3.05) is 53.7 Å². The molecule has 0 bridgehead atoms. The van der Waals surface area contributed by atoms with Crippen LogP contribution < -0.4 is 9.47 Å². The average Bonchev–Trinajstić information content (AvgIpc) is 3.33. The molecule has 0 radical (unpaired) electrons. The predicted octanol–water partition coefficient (Wildman–Crippen LogP) is 5.34. The van der Waals surface area contributed by atoms with Gasteiger partial charge in [0.25, 0.3) is 5.91 Å². The Morgan fingerprint density at radius 1 is 1.07 bits per heavy atom. The number of rotatable bonds is 14. The number of likely N-dealkylation sites (tertiary alicyclic amines) is 1. The van der Waals surface area contributed by atoms with Gasteiger partial charge in [0, 0.05) is 68.8 Å². The Morgan fingerprint density at radius 2 is 1.79 bits per heavy atom. The maximum atomic E-state index is 13.9. The van der Waals surface area contributed by atoms with E-state index in [4.69, 9.17) is 23.7 Å². The Balaban J connectivity index is 2.37. The van der Waals surface area contributed by atoms with Crippen molar-refractivity contribution >= 4 is 18.0 Å². The third kappa shape index (κ3) is 10.2. The van der Waals surface area contributed by atoms with Gasteiger partial charge in [0.15, 0.2) is 11.5 Å². The molecule has 1 heterocycles. The van der Waals surface area contributed by atoms with Gasteiger partial charge in [-0.1, -0.05) is 13.0 Å². The minimum absolute atomic E-state index is 0.122. The number of benzene rings is 1. The SMILES string of the molecule is CCOC(=O)C(=C[C@@H]1CN(C(=O)OC(C)(C)C)C[C@H]1CN(C(=O)c1ccc(OC)c(OCCCOC)c1)C(C)C)CC. The number of esters is 1. The van der Waals surface area contributed by atoms with Crippen LogP contribution in [0.3, 0.4) is 0 Å². The summed E-state index contributed by atoms with van der Waals surface area (Å²) in [5.41, 5.74) is 0.393. The molecule has 1 aromatic rings. The minimum Gasteiger partial charge on any atom is -0.493 e.